The molecular weight excluding hydrogens is 496 g/mol. The Morgan fingerprint density at radius 1 is 1.05 bits per heavy atom. The van der Waals surface area contributed by atoms with Crippen LogP contribution in [-0.2, 0) is 18.2 Å². The Morgan fingerprint density at radius 3 is 2.59 bits per heavy atom. The van der Waals surface area contributed by atoms with Gasteiger partial charge in [-0.2, -0.15) is 0 Å². The van der Waals surface area contributed by atoms with Gasteiger partial charge in [0.05, 0.1) is 18.7 Å². The predicted molar refractivity (Wildman–Crippen MR) is 146 cm³/mol. The van der Waals surface area contributed by atoms with Crippen LogP contribution in [0.25, 0.3) is 22.7 Å². The van der Waals surface area contributed by atoms with E-state index in [0.717, 1.165) is 22.3 Å². The molecule has 0 bridgehead atoms. The van der Waals surface area contributed by atoms with Crippen LogP contribution in [0.2, 0.25) is 0 Å². The molecule has 5 aromatic rings. The minimum Gasteiger partial charge on any atom is -0.501 e. The molecule has 0 saturated carbocycles. The van der Waals surface area contributed by atoms with Gasteiger partial charge in [-0.3, -0.25) is 9.36 Å². The normalized spacial score (nSPS) is 14.8. The zero-order valence-corrected chi connectivity index (χ0v) is 21.7. The van der Waals surface area contributed by atoms with Gasteiger partial charge in [-0.1, -0.05) is 42.5 Å². The second-order valence-corrected chi connectivity index (χ2v) is 9.57. The van der Waals surface area contributed by atoms with Gasteiger partial charge < -0.3 is 19.2 Å². The number of aromatic nitrogens is 3. The minimum atomic E-state index is -0.616. The Labute approximate surface area is 223 Å². The summed E-state index contributed by atoms with van der Waals surface area (Å²) in [4.78, 5) is 37.0. The van der Waals surface area contributed by atoms with Gasteiger partial charge in [-0.05, 0) is 59.9 Å². The molecule has 3 heterocycles. The molecule has 1 N–H and O–H groups in total. The Balaban J connectivity index is 1.57. The van der Waals surface area contributed by atoms with Gasteiger partial charge in [0.1, 0.15) is 5.52 Å². The van der Waals surface area contributed by atoms with Crippen LogP contribution < -0.4 is 10.5 Å². The first-order chi connectivity index (χ1) is 18.9. The molecule has 3 aromatic carbocycles. The lowest BCUT2D eigenvalue weighted by Gasteiger charge is -2.39. The summed E-state index contributed by atoms with van der Waals surface area (Å²) < 4.78 is 12.2. The first-order valence-corrected chi connectivity index (χ1v) is 12.6. The van der Waals surface area contributed by atoms with Crippen LogP contribution in [0.5, 0.6) is 5.75 Å². The fraction of sp³-hybridized carbons (Fsp3) is 0.200. The van der Waals surface area contributed by atoms with E-state index in [1.54, 1.807) is 25.2 Å². The third kappa shape index (κ3) is 4.03. The molecule has 2 aromatic heterocycles. The number of benzene rings is 3. The molecule has 1 aliphatic rings. The summed E-state index contributed by atoms with van der Waals surface area (Å²) in [5, 5.41) is 10.8. The van der Waals surface area contributed by atoms with Crippen molar-refractivity contribution in [2.75, 3.05) is 18.6 Å². The highest BCUT2D eigenvalue weighted by Crippen LogP contribution is 2.40. The lowest BCUT2D eigenvalue weighted by molar-refractivity contribution is 0.0600. The molecule has 0 saturated heterocycles. The number of nitrogens with zero attached hydrogens (tertiary/aromatic N) is 4. The van der Waals surface area contributed by atoms with Gasteiger partial charge in [-0.15, -0.1) is 0 Å². The van der Waals surface area contributed by atoms with E-state index in [9.17, 15) is 14.7 Å². The maximum Gasteiger partial charge on any atom is 0.337 e. The zero-order chi connectivity index (χ0) is 27.3. The van der Waals surface area contributed by atoms with Gasteiger partial charge in [0.25, 0.3) is 11.4 Å². The van der Waals surface area contributed by atoms with Gasteiger partial charge in [0.15, 0.2) is 11.3 Å². The highest BCUT2D eigenvalue weighted by molar-refractivity contribution is 5.89. The summed E-state index contributed by atoms with van der Waals surface area (Å²) in [5.41, 5.74) is 4.98. The number of rotatable bonds is 4. The number of esters is 1. The molecule has 0 unspecified atom stereocenters. The fourth-order valence-electron chi connectivity index (χ4n) is 5.26. The number of hydrogen-bond acceptors (Lipinski definition) is 8. The van der Waals surface area contributed by atoms with Gasteiger partial charge in [0.2, 0.25) is 11.7 Å². The van der Waals surface area contributed by atoms with Crippen LogP contribution in [0.4, 0.5) is 5.95 Å². The summed E-state index contributed by atoms with van der Waals surface area (Å²) in [6, 6.07) is 20.4. The van der Waals surface area contributed by atoms with Crippen LogP contribution in [0.1, 0.15) is 38.7 Å². The van der Waals surface area contributed by atoms with E-state index >= 15 is 0 Å². The van der Waals surface area contributed by atoms with Gasteiger partial charge in [-0.25, -0.2) is 14.8 Å². The fourth-order valence-corrected chi connectivity index (χ4v) is 5.26. The summed E-state index contributed by atoms with van der Waals surface area (Å²) in [6.45, 7) is 2.57. The van der Waals surface area contributed by atoms with Crippen molar-refractivity contribution < 1.29 is 19.1 Å². The first-order valence-electron chi connectivity index (χ1n) is 12.6. The third-order valence-corrected chi connectivity index (χ3v) is 7.27. The van der Waals surface area contributed by atoms with Crippen molar-refractivity contribution in [1.82, 2.24) is 14.5 Å². The first kappa shape index (κ1) is 24.4. The minimum absolute atomic E-state index is 0.0260. The second-order valence-electron chi connectivity index (χ2n) is 9.57. The van der Waals surface area contributed by atoms with E-state index in [0.29, 0.717) is 35.6 Å². The van der Waals surface area contributed by atoms with Crippen molar-refractivity contribution >= 4 is 23.0 Å². The van der Waals surface area contributed by atoms with Crippen molar-refractivity contribution in [2.45, 2.75) is 19.4 Å². The number of methoxy groups -OCH3 is 1. The van der Waals surface area contributed by atoms with Crippen molar-refractivity contribution in [3.63, 3.8) is 0 Å². The molecule has 0 fully saturated rings. The smallest absolute Gasteiger partial charge is 0.337 e. The number of hydrogen-bond donors (Lipinski definition) is 1. The Bertz CT molecular complexity index is 1770. The number of anilines is 1. The number of oxazole rings is 1. The van der Waals surface area contributed by atoms with E-state index in [2.05, 4.69) is 4.98 Å². The molecule has 196 valence electrons. The molecule has 9 heteroatoms. The van der Waals surface area contributed by atoms with Crippen molar-refractivity contribution in [3.05, 3.63) is 105 Å². The highest BCUT2D eigenvalue weighted by Gasteiger charge is 2.34. The SMILES string of the molecule is COC(=O)c1ccc2c(c1)[C@H](c1ccccc1C)N(c1nc(-c3nc4ccccc4o3)c(O)c(=O)n1C)CC2. The number of carbonyl (C=O) groups excluding carboxylic acids is 1. The van der Waals surface area contributed by atoms with E-state index < -0.39 is 17.3 Å². The third-order valence-electron chi connectivity index (χ3n) is 7.27. The van der Waals surface area contributed by atoms with Crippen molar-refractivity contribution in [2.24, 2.45) is 7.05 Å². The largest absolute Gasteiger partial charge is 0.501 e. The number of aryl methyl sites for hydroxylation is 1. The second kappa shape index (κ2) is 9.43. The van der Waals surface area contributed by atoms with Crippen LogP contribution in [-0.4, -0.2) is 39.3 Å². The molecule has 0 radical (unpaired) electrons. The van der Waals surface area contributed by atoms with Crippen molar-refractivity contribution in [1.29, 1.82) is 0 Å². The Morgan fingerprint density at radius 2 is 1.82 bits per heavy atom. The standard InChI is InChI=1S/C30H26N4O5/c1-17-8-4-5-9-20(17)25-21-16-19(29(37)38-3)13-12-18(21)14-15-34(25)30-32-24(26(35)28(36)33(30)2)27-31-22-10-6-7-11-23(22)39-27/h4-13,16,25,35H,14-15H2,1-3H3/t25-/m0/s1. The topological polar surface area (TPSA) is 111 Å². The average Bonchev–Trinajstić information content (AvgIpc) is 3.39. The zero-order valence-electron chi connectivity index (χ0n) is 21.7. The molecule has 0 aliphatic carbocycles. The average molecular weight is 523 g/mol. The van der Waals surface area contributed by atoms with E-state index in [-0.39, 0.29) is 17.6 Å². The monoisotopic (exact) mass is 522 g/mol. The molecule has 0 spiro atoms. The van der Waals surface area contributed by atoms with Crippen LogP contribution in [0.15, 0.2) is 75.9 Å². The summed E-state index contributed by atoms with van der Waals surface area (Å²) in [7, 11) is 2.94. The predicted octanol–water partition coefficient (Wildman–Crippen LogP) is 4.54. The number of aromatic hydroxyl groups is 1. The number of ether oxygens (including phenoxy) is 1. The van der Waals surface area contributed by atoms with Crippen molar-refractivity contribution in [3.8, 4) is 17.3 Å². The molecule has 0 amide bonds. The number of fused-ring (bicyclic) bond motifs is 2. The molecule has 6 rings (SSSR count). The maximum absolute atomic E-state index is 13.3. The molecule has 1 aliphatic heterocycles. The maximum atomic E-state index is 13.3. The lowest BCUT2D eigenvalue weighted by Crippen LogP contribution is -2.40. The van der Waals surface area contributed by atoms with Gasteiger partial charge in [0, 0.05) is 13.6 Å². The highest BCUT2D eigenvalue weighted by atomic mass is 16.5. The van der Waals surface area contributed by atoms with E-state index in [4.69, 9.17) is 14.1 Å². The Kier molecular flexibility index (Phi) is 5.91. The summed E-state index contributed by atoms with van der Waals surface area (Å²) >= 11 is 0. The number of carbonyl (C=O) groups is 1. The summed E-state index contributed by atoms with van der Waals surface area (Å²) in [6.07, 6.45) is 0.661. The molecule has 1 atom stereocenters. The summed E-state index contributed by atoms with van der Waals surface area (Å²) in [5.74, 6) is -0.555. The molecule has 9 nitrogen and oxygen atoms in total. The van der Waals surface area contributed by atoms with Crippen LogP contribution in [0, 0.1) is 6.92 Å². The lowest BCUT2D eigenvalue weighted by atomic mass is 9.85. The van der Waals surface area contributed by atoms with E-state index in [1.165, 1.54) is 11.7 Å². The van der Waals surface area contributed by atoms with Gasteiger partial charge >= 0.3 is 5.97 Å². The quantitative estimate of drug-likeness (QED) is 0.343. The molecular formula is C30H26N4O5. The van der Waals surface area contributed by atoms with E-state index in [1.807, 2.05) is 60.4 Å². The van der Waals surface area contributed by atoms with Crippen LogP contribution >= 0.6 is 0 Å². The molecule has 39 heavy (non-hydrogen) atoms. The number of para-hydroxylation sites is 2. The van der Waals surface area contributed by atoms with Crippen LogP contribution in [0.3, 0.4) is 0 Å². The Hall–Kier alpha value is -4.92.